The average Bonchev–Trinajstić information content (AvgIpc) is 2.53. The van der Waals surface area contributed by atoms with Crippen LogP contribution in [0.2, 0.25) is 0 Å². The summed E-state index contributed by atoms with van der Waals surface area (Å²) in [4.78, 5) is 24.2. The van der Waals surface area contributed by atoms with Crippen LogP contribution >= 0.6 is 0 Å². The van der Waals surface area contributed by atoms with Gasteiger partial charge in [0, 0.05) is 17.8 Å². The predicted octanol–water partition coefficient (Wildman–Crippen LogP) is 2.15. The molecule has 0 spiro atoms. The number of carbonyl (C=O) groups excluding carboxylic acids is 2. The number of benzene rings is 1. The highest BCUT2D eigenvalue weighted by molar-refractivity contribution is 5.98. The van der Waals surface area contributed by atoms with Crippen LogP contribution in [0.1, 0.15) is 43.5 Å². The Morgan fingerprint density at radius 3 is 2.82 bits per heavy atom. The first-order chi connectivity index (χ1) is 10.6. The predicted molar refractivity (Wildman–Crippen MR) is 87.9 cm³/mol. The van der Waals surface area contributed by atoms with Crippen molar-refractivity contribution in [3.63, 3.8) is 0 Å². The maximum atomic E-state index is 12.2. The van der Waals surface area contributed by atoms with Crippen LogP contribution in [0.15, 0.2) is 24.3 Å². The average molecular weight is 303 g/mol. The van der Waals surface area contributed by atoms with Crippen LogP contribution in [-0.2, 0) is 4.79 Å². The zero-order valence-corrected chi connectivity index (χ0v) is 13.3. The molecule has 5 nitrogen and oxygen atoms in total. The molecular weight excluding hydrogens is 278 g/mol. The second-order valence-corrected chi connectivity index (χ2v) is 6.18. The molecule has 1 aromatic carbocycles. The first-order valence-corrected chi connectivity index (χ1v) is 7.99. The zero-order chi connectivity index (χ0) is 15.9. The normalized spacial score (nSPS) is 18.0. The third-order valence-corrected chi connectivity index (χ3v) is 3.69. The third-order valence-electron chi connectivity index (χ3n) is 3.69. The Bertz CT molecular complexity index is 522. The van der Waals surface area contributed by atoms with Crippen molar-refractivity contribution in [2.45, 2.75) is 39.2 Å². The molecule has 1 aliphatic rings. The summed E-state index contributed by atoms with van der Waals surface area (Å²) in [5.41, 5.74) is 1.23. The van der Waals surface area contributed by atoms with Crippen molar-refractivity contribution < 1.29 is 9.59 Å². The van der Waals surface area contributed by atoms with Gasteiger partial charge >= 0.3 is 0 Å². The Morgan fingerprint density at radius 2 is 2.14 bits per heavy atom. The van der Waals surface area contributed by atoms with Crippen molar-refractivity contribution in [3.05, 3.63) is 29.8 Å². The fraction of sp³-hybridized carbons (Fsp3) is 0.529. The summed E-state index contributed by atoms with van der Waals surface area (Å²) in [7, 11) is 0. The number of amides is 2. The van der Waals surface area contributed by atoms with Gasteiger partial charge < -0.3 is 16.0 Å². The molecule has 22 heavy (non-hydrogen) atoms. The monoisotopic (exact) mass is 303 g/mol. The molecule has 1 aromatic rings. The molecule has 0 saturated carbocycles. The minimum Gasteiger partial charge on any atom is -0.352 e. The molecule has 1 fully saturated rings. The molecular formula is C17H25N3O2. The number of hydrogen-bond donors (Lipinski definition) is 3. The van der Waals surface area contributed by atoms with Crippen LogP contribution < -0.4 is 16.0 Å². The van der Waals surface area contributed by atoms with E-state index in [1.54, 1.807) is 24.3 Å². The Hall–Kier alpha value is -1.88. The van der Waals surface area contributed by atoms with Crippen LogP contribution in [-0.4, -0.2) is 30.9 Å². The second kappa shape index (κ2) is 7.94. The summed E-state index contributed by atoms with van der Waals surface area (Å²) >= 11 is 0. The molecule has 0 aromatic heterocycles. The van der Waals surface area contributed by atoms with E-state index in [2.05, 4.69) is 16.0 Å². The lowest BCUT2D eigenvalue weighted by Gasteiger charge is -2.22. The molecule has 2 amide bonds. The molecule has 1 aliphatic heterocycles. The molecule has 1 saturated heterocycles. The molecule has 0 unspecified atom stereocenters. The molecule has 2 rings (SSSR count). The van der Waals surface area contributed by atoms with Gasteiger partial charge in [-0.05, 0) is 43.5 Å². The Kier molecular flexibility index (Phi) is 5.95. The second-order valence-electron chi connectivity index (χ2n) is 6.18. The van der Waals surface area contributed by atoms with E-state index >= 15 is 0 Å². The fourth-order valence-electron chi connectivity index (χ4n) is 2.44. The van der Waals surface area contributed by atoms with E-state index in [9.17, 15) is 9.59 Å². The van der Waals surface area contributed by atoms with Gasteiger partial charge in [0.2, 0.25) is 5.91 Å². The van der Waals surface area contributed by atoms with Crippen molar-refractivity contribution in [1.29, 1.82) is 0 Å². The van der Waals surface area contributed by atoms with Gasteiger partial charge in [0.15, 0.2) is 0 Å². The molecule has 3 N–H and O–H groups in total. The third kappa shape index (κ3) is 4.84. The summed E-state index contributed by atoms with van der Waals surface area (Å²) in [5.74, 6) is 0.268. The molecule has 5 heteroatoms. The van der Waals surface area contributed by atoms with E-state index in [-0.39, 0.29) is 17.9 Å². The topological polar surface area (TPSA) is 70.2 Å². The summed E-state index contributed by atoms with van der Waals surface area (Å²) in [6.07, 6.45) is 3.05. The highest BCUT2D eigenvalue weighted by atomic mass is 16.2. The number of carbonyl (C=O) groups is 2. The standard InChI is InChI=1S/C17H25N3O2/c1-12(2)11-19-16(21)13-6-5-7-14(10-13)20-17(22)15-8-3-4-9-18-15/h5-7,10,12,15,18H,3-4,8-9,11H2,1-2H3,(H,19,21)(H,20,22)/t15-/m1/s1. The maximum Gasteiger partial charge on any atom is 0.251 e. The first kappa shape index (κ1) is 16.5. The molecule has 0 radical (unpaired) electrons. The van der Waals surface area contributed by atoms with Crippen LogP contribution in [0.4, 0.5) is 5.69 Å². The van der Waals surface area contributed by atoms with Gasteiger partial charge in [-0.15, -0.1) is 0 Å². The number of anilines is 1. The van der Waals surface area contributed by atoms with Crippen LogP contribution in [0.5, 0.6) is 0 Å². The van der Waals surface area contributed by atoms with Gasteiger partial charge in [0.1, 0.15) is 0 Å². The van der Waals surface area contributed by atoms with Gasteiger partial charge in [-0.1, -0.05) is 26.3 Å². The molecule has 0 bridgehead atoms. The summed E-state index contributed by atoms with van der Waals surface area (Å²) in [5, 5.41) is 8.99. The SMILES string of the molecule is CC(C)CNC(=O)c1cccc(NC(=O)[C@H]2CCCCN2)c1. The number of nitrogens with one attached hydrogen (secondary N) is 3. The van der Waals surface area contributed by atoms with Crippen molar-refractivity contribution >= 4 is 17.5 Å². The molecule has 0 aliphatic carbocycles. The minimum atomic E-state index is -0.132. The number of rotatable bonds is 5. The first-order valence-electron chi connectivity index (χ1n) is 7.99. The van der Waals surface area contributed by atoms with Crippen LogP contribution in [0.25, 0.3) is 0 Å². The van der Waals surface area contributed by atoms with Gasteiger partial charge in [-0.2, -0.15) is 0 Å². The van der Waals surface area contributed by atoms with E-state index in [0.29, 0.717) is 23.7 Å². The van der Waals surface area contributed by atoms with E-state index in [4.69, 9.17) is 0 Å². The summed E-state index contributed by atoms with van der Waals surface area (Å²) < 4.78 is 0. The van der Waals surface area contributed by atoms with Crippen molar-refractivity contribution in [2.24, 2.45) is 5.92 Å². The Morgan fingerprint density at radius 1 is 1.32 bits per heavy atom. The Balaban J connectivity index is 1.95. The van der Waals surface area contributed by atoms with Gasteiger partial charge in [-0.3, -0.25) is 9.59 Å². The van der Waals surface area contributed by atoms with Crippen molar-refractivity contribution in [3.8, 4) is 0 Å². The molecule has 1 atom stereocenters. The highest BCUT2D eigenvalue weighted by Gasteiger charge is 2.20. The lowest BCUT2D eigenvalue weighted by molar-refractivity contribution is -0.118. The largest absolute Gasteiger partial charge is 0.352 e. The lowest BCUT2D eigenvalue weighted by Crippen LogP contribution is -2.43. The lowest BCUT2D eigenvalue weighted by atomic mass is 10.0. The smallest absolute Gasteiger partial charge is 0.251 e. The quantitative estimate of drug-likeness (QED) is 0.780. The van der Waals surface area contributed by atoms with Gasteiger partial charge in [0.25, 0.3) is 5.91 Å². The van der Waals surface area contributed by atoms with Crippen molar-refractivity contribution in [2.75, 3.05) is 18.4 Å². The summed E-state index contributed by atoms with van der Waals surface area (Å²) in [6, 6.07) is 6.93. The van der Waals surface area contributed by atoms with Gasteiger partial charge in [-0.25, -0.2) is 0 Å². The maximum absolute atomic E-state index is 12.2. The van der Waals surface area contributed by atoms with Gasteiger partial charge in [0.05, 0.1) is 6.04 Å². The van der Waals surface area contributed by atoms with E-state index in [1.807, 2.05) is 13.8 Å². The van der Waals surface area contributed by atoms with Crippen LogP contribution in [0, 0.1) is 5.92 Å². The van der Waals surface area contributed by atoms with E-state index in [0.717, 1.165) is 25.8 Å². The molecule has 120 valence electrons. The highest BCUT2D eigenvalue weighted by Crippen LogP contribution is 2.13. The fourth-order valence-corrected chi connectivity index (χ4v) is 2.44. The molecule has 1 heterocycles. The minimum absolute atomic E-state index is 0.0283. The van der Waals surface area contributed by atoms with Crippen molar-refractivity contribution in [1.82, 2.24) is 10.6 Å². The van der Waals surface area contributed by atoms with E-state index < -0.39 is 0 Å². The van der Waals surface area contributed by atoms with E-state index in [1.165, 1.54) is 0 Å². The zero-order valence-electron chi connectivity index (χ0n) is 13.3. The number of piperidine rings is 1. The summed E-state index contributed by atoms with van der Waals surface area (Å²) in [6.45, 7) is 5.62. The Labute approximate surface area is 131 Å². The number of hydrogen-bond acceptors (Lipinski definition) is 3. The van der Waals surface area contributed by atoms with Crippen LogP contribution in [0.3, 0.4) is 0 Å².